The van der Waals surface area contributed by atoms with Gasteiger partial charge in [0.2, 0.25) is 15.9 Å². The van der Waals surface area contributed by atoms with Crippen LogP contribution in [0.3, 0.4) is 0 Å². The number of ether oxygens (including phenoxy) is 1. The average molecular weight is 372 g/mol. The minimum absolute atomic E-state index is 0.0171. The van der Waals surface area contributed by atoms with Crippen LogP contribution in [0, 0.1) is 5.41 Å². The first-order valence-electron chi connectivity index (χ1n) is 8.39. The number of hydrogen-bond donors (Lipinski definition) is 2. The van der Waals surface area contributed by atoms with Crippen molar-refractivity contribution >= 4 is 21.6 Å². The SMILES string of the molecule is CCOc1ccc(NC(=O)C(CC)(CC)CN)cc1S(=O)(=O)N(C)C. The van der Waals surface area contributed by atoms with E-state index in [-0.39, 0.29) is 23.1 Å². The Morgan fingerprint density at radius 2 is 1.84 bits per heavy atom. The molecule has 142 valence electrons. The number of amides is 1. The number of nitrogens with two attached hydrogens (primary N) is 1. The first kappa shape index (κ1) is 21.4. The molecule has 0 saturated carbocycles. The molecule has 1 amide bonds. The van der Waals surface area contributed by atoms with Gasteiger partial charge in [0.15, 0.2) is 0 Å². The molecule has 0 radical (unpaired) electrons. The number of hydrogen-bond acceptors (Lipinski definition) is 5. The molecule has 0 aliphatic carbocycles. The van der Waals surface area contributed by atoms with Crippen LogP contribution in [0.1, 0.15) is 33.6 Å². The van der Waals surface area contributed by atoms with Crippen molar-refractivity contribution in [2.24, 2.45) is 11.1 Å². The van der Waals surface area contributed by atoms with E-state index in [1.165, 1.54) is 20.2 Å². The average Bonchev–Trinajstić information content (AvgIpc) is 2.58. The van der Waals surface area contributed by atoms with Gasteiger partial charge in [-0.25, -0.2) is 12.7 Å². The summed E-state index contributed by atoms with van der Waals surface area (Å²) in [4.78, 5) is 12.7. The zero-order valence-corrected chi connectivity index (χ0v) is 16.4. The van der Waals surface area contributed by atoms with Gasteiger partial charge in [-0.15, -0.1) is 0 Å². The van der Waals surface area contributed by atoms with E-state index in [4.69, 9.17) is 10.5 Å². The van der Waals surface area contributed by atoms with E-state index >= 15 is 0 Å². The summed E-state index contributed by atoms with van der Waals surface area (Å²) in [5.74, 6) is 0.0441. The second-order valence-electron chi connectivity index (χ2n) is 6.03. The molecule has 7 nitrogen and oxygen atoms in total. The summed E-state index contributed by atoms with van der Waals surface area (Å²) in [6.45, 7) is 6.17. The molecular formula is C17H29N3O4S. The van der Waals surface area contributed by atoms with E-state index in [2.05, 4.69) is 5.32 Å². The quantitative estimate of drug-likeness (QED) is 0.692. The third-order valence-corrected chi connectivity index (χ3v) is 6.32. The predicted molar refractivity (Wildman–Crippen MR) is 99.2 cm³/mol. The lowest BCUT2D eigenvalue weighted by Gasteiger charge is -2.28. The third kappa shape index (κ3) is 4.50. The van der Waals surface area contributed by atoms with Crippen LogP contribution < -0.4 is 15.8 Å². The lowest BCUT2D eigenvalue weighted by Crippen LogP contribution is -2.41. The maximum atomic E-state index is 12.7. The van der Waals surface area contributed by atoms with Gasteiger partial charge in [-0.2, -0.15) is 0 Å². The maximum Gasteiger partial charge on any atom is 0.246 e. The Kier molecular flexibility index (Phi) is 7.40. The Labute approximate surface area is 150 Å². The molecule has 0 aliphatic rings. The first-order valence-corrected chi connectivity index (χ1v) is 9.83. The second kappa shape index (κ2) is 8.64. The Hall–Kier alpha value is -1.64. The van der Waals surface area contributed by atoms with E-state index in [0.717, 1.165) is 4.31 Å². The van der Waals surface area contributed by atoms with Crippen molar-refractivity contribution in [3.05, 3.63) is 18.2 Å². The minimum Gasteiger partial charge on any atom is -0.492 e. The fourth-order valence-corrected chi connectivity index (χ4v) is 3.53. The Bertz CT molecular complexity index is 690. The van der Waals surface area contributed by atoms with Crippen molar-refractivity contribution in [3.63, 3.8) is 0 Å². The van der Waals surface area contributed by atoms with Crippen molar-refractivity contribution in [2.75, 3.05) is 32.6 Å². The molecule has 1 aromatic carbocycles. The number of rotatable bonds is 9. The molecule has 0 aliphatic heterocycles. The molecule has 8 heteroatoms. The van der Waals surface area contributed by atoms with Crippen LogP contribution in [0.5, 0.6) is 5.75 Å². The fraction of sp³-hybridized carbons (Fsp3) is 0.588. The van der Waals surface area contributed by atoms with Gasteiger partial charge >= 0.3 is 0 Å². The Morgan fingerprint density at radius 1 is 1.24 bits per heavy atom. The van der Waals surface area contributed by atoms with Gasteiger partial charge in [-0.3, -0.25) is 4.79 Å². The van der Waals surface area contributed by atoms with Crippen molar-refractivity contribution in [3.8, 4) is 5.75 Å². The van der Waals surface area contributed by atoms with Gasteiger partial charge in [0, 0.05) is 26.3 Å². The number of nitrogens with one attached hydrogen (secondary N) is 1. The van der Waals surface area contributed by atoms with Crippen molar-refractivity contribution in [1.29, 1.82) is 0 Å². The smallest absolute Gasteiger partial charge is 0.246 e. The van der Waals surface area contributed by atoms with Crippen molar-refractivity contribution in [1.82, 2.24) is 4.31 Å². The van der Waals surface area contributed by atoms with Crippen LogP contribution >= 0.6 is 0 Å². The van der Waals surface area contributed by atoms with E-state index < -0.39 is 15.4 Å². The minimum atomic E-state index is -3.71. The number of nitrogens with zero attached hydrogens (tertiary/aromatic N) is 1. The molecule has 0 fully saturated rings. The number of carbonyl (C=O) groups excluding carboxylic acids is 1. The molecule has 0 atom stereocenters. The summed E-state index contributed by atoms with van der Waals surface area (Å²) in [7, 11) is -0.811. The lowest BCUT2D eigenvalue weighted by atomic mass is 9.81. The Morgan fingerprint density at radius 3 is 2.28 bits per heavy atom. The molecule has 1 rings (SSSR count). The molecular weight excluding hydrogens is 342 g/mol. The van der Waals surface area contributed by atoms with Gasteiger partial charge in [-0.05, 0) is 38.0 Å². The molecule has 0 unspecified atom stereocenters. The molecule has 25 heavy (non-hydrogen) atoms. The summed E-state index contributed by atoms with van der Waals surface area (Å²) in [6, 6.07) is 4.60. The zero-order valence-electron chi connectivity index (χ0n) is 15.6. The van der Waals surface area contributed by atoms with Gasteiger partial charge in [0.1, 0.15) is 10.6 Å². The van der Waals surface area contributed by atoms with E-state index in [1.54, 1.807) is 19.1 Å². The van der Waals surface area contributed by atoms with Crippen LogP contribution in [0.15, 0.2) is 23.1 Å². The van der Waals surface area contributed by atoms with E-state index in [9.17, 15) is 13.2 Å². The number of anilines is 1. The third-order valence-electron chi connectivity index (χ3n) is 4.49. The summed E-state index contributed by atoms with van der Waals surface area (Å²) in [5, 5.41) is 2.80. The number of sulfonamides is 1. The summed E-state index contributed by atoms with van der Waals surface area (Å²) in [6.07, 6.45) is 1.21. The summed E-state index contributed by atoms with van der Waals surface area (Å²) in [5.41, 5.74) is 5.53. The highest BCUT2D eigenvalue weighted by atomic mass is 32.2. The van der Waals surface area contributed by atoms with Gasteiger partial charge in [-0.1, -0.05) is 13.8 Å². The van der Waals surface area contributed by atoms with Crippen molar-refractivity contribution in [2.45, 2.75) is 38.5 Å². The monoisotopic (exact) mass is 371 g/mol. The molecule has 3 N–H and O–H groups in total. The highest BCUT2D eigenvalue weighted by molar-refractivity contribution is 7.89. The number of benzene rings is 1. The highest BCUT2D eigenvalue weighted by Crippen LogP contribution is 2.31. The molecule has 0 aromatic heterocycles. The van der Waals surface area contributed by atoms with Crippen LogP contribution in [0.2, 0.25) is 0 Å². The molecule has 0 heterocycles. The molecule has 0 saturated heterocycles. The van der Waals surface area contributed by atoms with Crippen LogP contribution in [0.4, 0.5) is 5.69 Å². The van der Waals surface area contributed by atoms with Crippen molar-refractivity contribution < 1.29 is 17.9 Å². The normalized spacial score (nSPS) is 12.3. The van der Waals surface area contributed by atoms with E-state index in [0.29, 0.717) is 25.1 Å². The second-order valence-corrected chi connectivity index (χ2v) is 8.15. The topological polar surface area (TPSA) is 102 Å². The highest BCUT2D eigenvalue weighted by Gasteiger charge is 2.33. The molecule has 0 bridgehead atoms. The fourth-order valence-electron chi connectivity index (χ4n) is 2.48. The van der Waals surface area contributed by atoms with Gasteiger partial charge < -0.3 is 15.8 Å². The molecule has 0 spiro atoms. The number of carbonyl (C=O) groups is 1. The summed E-state index contributed by atoms with van der Waals surface area (Å²) >= 11 is 0. The lowest BCUT2D eigenvalue weighted by molar-refractivity contribution is -0.125. The summed E-state index contributed by atoms with van der Waals surface area (Å²) < 4.78 is 31.6. The van der Waals surface area contributed by atoms with Gasteiger partial charge in [0.25, 0.3) is 0 Å². The molecule has 1 aromatic rings. The predicted octanol–water partition coefficient (Wildman–Crippen LogP) is 2.04. The zero-order chi connectivity index (χ0) is 19.3. The van der Waals surface area contributed by atoms with Gasteiger partial charge in [0.05, 0.1) is 12.0 Å². The van der Waals surface area contributed by atoms with Crippen LogP contribution in [-0.2, 0) is 14.8 Å². The van der Waals surface area contributed by atoms with E-state index in [1.807, 2.05) is 13.8 Å². The standard InChI is InChI=1S/C17H29N3O4S/c1-6-17(7-2,12-18)16(21)19-13-9-10-14(24-8-3)15(11-13)25(22,23)20(4)5/h9-11H,6-8,12,18H2,1-5H3,(H,19,21). The largest absolute Gasteiger partial charge is 0.492 e. The Balaban J connectivity index is 3.30. The van der Waals surface area contributed by atoms with Crippen LogP contribution in [0.25, 0.3) is 0 Å². The maximum absolute atomic E-state index is 12.7. The van der Waals surface area contributed by atoms with Crippen LogP contribution in [-0.4, -0.2) is 45.9 Å². The first-order chi connectivity index (χ1) is 11.7.